The number of anilines is 2. The molecular formula is C25H24N2O5. The van der Waals surface area contributed by atoms with Crippen molar-refractivity contribution in [1.82, 2.24) is 0 Å². The molecule has 0 unspecified atom stereocenters. The maximum Gasteiger partial charge on any atom is 0.255 e. The van der Waals surface area contributed by atoms with Crippen LogP contribution in [0.2, 0.25) is 0 Å². The number of allylic oxidation sites excluding steroid dienone is 2. The Morgan fingerprint density at radius 2 is 1.81 bits per heavy atom. The van der Waals surface area contributed by atoms with Crippen molar-refractivity contribution in [3.8, 4) is 11.5 Å². The van der Waals surface area contributed by atoms with Crippen LogP contribution >= 0.6 is 0 Å². The van der Waals surface area contributed by atoms with Crippen molar-refractivity contribution in [1.29, 1.82) is 0 Å². The van der Waals surface area contributed by atoms with E-state index in [1.54, 1.807) is 49.6 Å². The second kappa shape index (κ2) is 7.51. The molecule has 5 rings (SSSR count). The number of rotatable bonds is 5. The number of nitrogens with one attached hydrogen (secondary N) is 1. The van der Waals surface area contributed by atoms with Crippen molar-refractivity contribution >= 4 is 29.1 Å². The highest BCUT2D eigenvalue weighted by atomic mass is 16.5. The Hall–Kier alpha value is -3.61. The van der Waals surface area contributed by atoms with Crippen molar-refractivity contribution in [3.05, 3.63) is 59.7 Å². The van der Waals surface area contributed by atoms with Gasteiger partial charge in [-0.25, -0.2) is 4.90 Å². The lowest BCUT2D eigenvalue weighted by molar-refractivity contribution is -0.123. The fraction of sp³-hybridized carbons (Fsp3) is 0.320. The van der Waals surface area contributed by atoms with E-state index in [-0.39, 0.29) is 41.4 Å². The Bertz CT molecular complexity index is 1170. The van der Waals surface area contributed by atoms with E-state index in [9.17, 15) is 14.4 Å². The van der Waals surface area contributed by atoms with Crippen LogP contribution in [0.3, 0.4) is 0 Å². The molecule has 3 aliphatic rings. The van der Waals surface area contributed by atoms with Crippen molar-refractivity contribution < 1.29 is 23.9 Å². The van der Waals surface area contributed by atoms with Gasteiger partial charge in [-0.15, -0.1) is 0 Å². The van der Waals surface area contributed by atoms with Crippen LogP contribution in [0, 0.1) is 23.7 Å². The molecule has 7 nitrogen and oxygen atoms in total. The van der Waals surface area contributed by atoms with Gasteiger partial charge in [0.15, 0.2) is 0 Å². The highest BCUT2D eigenvalue weighted by Crippen LogP contribution is 2.55. The number of hydrogen-bond donors (Lipinski definition) is 1. The van der Waals surface area contributed by atoms with E-state index in [2.05, 4.69) is 11.4 Å². The third kappa shape index (κ3) is 2.99. The molecule has 164 valence electrons. The van der Waals surface area contributed by atoms with Gasteiger partial charge in [-0.1, -0.05) is 17.7 Å². The normalized spacial score (nSPS) is 25.6. The molecule has 1 aliphatic heterocycles. The largest absolute Gasteiger partial charge is 0.497 e. The molecule has 1 saturated carbocycles. The number of imide groups is 1. The predicted molar refractivity (Wildman–Crippen MR) is 119 cm³/mol. The second-order valence-corrected chi connectivity index (χ2v) is 8.55. The first-order valence-electron chi connectivity index (χ1n) is 10.6. The number of fused-ring (bicyclic) bond motifs is 5. The van der Waals surface area contributed by atoms with Crippen LogP contribution in [-0.4, -0.2) is 31.9 Å². The van der Waals surface area contributed by atoms with Crippen molar-refractivity contribution in [2.75, 3.05) is 24.4 Å². The lowest BCUT2D eigenvalue weighted by Gasteiger charge is -2.19. The SMILES string of the molecule is COc1ccc(OC)c(NC(=O)c2cccc(N3C(=O)[C@@H]4[C@H](C3=O)[C@H]3C=C(C)[C@H]4C3)c2)c1. The van der Waals surface area contributed by atoms with E-state index >= 15 is 0 Å². The van der Waals surface area contributed by atoms with E-state index in [0.717, 1.165) is 6.42 Å². The molecular weight excluding hydrogens is 408 g/mol. The first-order chi connectivity index (χ1) is 15.4. The summed E-state index contributed by atoms with van der Waals surface area (Å²) in [5.41, 5.74) is 2.43. The van der Waals surface area contributed by atoms with Gasteiger partial charge in [0.1, 0.15) is 11.5 Å². The predicted octanol–water partition coefficient (Wildman–Crippen LogP) is 3.66. The van der Waals surface area contributed by atoms with E-state index < -0.39 is 0 Å². The van der Waals surface area contributed by atoms with Crippen molar-refractivity contribution in [2.45, 2.75) is 13.3 Å². The molecule has 2 aromatic rings. The average molecular weight is 432 g/mol. The number of ether oxygens (including phenoxy) is 2. The Kier molecular flexibility index (Phi) is 4.77. The molecule has 2 aromatic carbocycles. The van der Waals surface area contributed by atoms with Crippen LogP contribution in [-0.2, 0) is 9.59 Å². The number of carbonyl (C=O) groups excluding carboxylic acids is 3. The summed E-state index contributed by atoms with van der Waals surface area (Å²) < 4.78 is 10.5. The maximum atomic E-state index is 13.2. The van der Waals surface area contributed by atoms with Crippen LogP contribution in [0.5, 0.6) is 11.5 Å². The summed E-state index contributed by atoms with van der Waals surface area (Å²) in [5.74, 6) is 0.0905. The van der Waals surface area contributed by atoms with Crippen LogP contribution < -0.4 is 19.7 Å². The maximum absolute atomic E-state index is 13.2. The summed E-state index contributed by atoms with van der Waals surface area (Å²) in [5, 5.41) is 2.82. The summed E-state index contributed by atoms with van der Waals surface area (Å²) in [4.78, 5) is 40.6. The molecule has 3 amide bonds. The molecule has 0 radical (unpaired) electrons. The number of hydrogen-bond acceptors (Lipinski definition) is 5. The Morgan fingerprint density at radius 3 is 2.56 bits per heavy atom. The second-order valence-electron chi connectivity index (χ2n) is 8.55. The molecule has 4 atom stereocenters. The number of nitrogens with zero attached hydrogens (tertiary/aromatic N) is 1. The number of amides is 3. The van der Waals surface area contributed by atoms with Gasteiger partial charge < -0.3 is 14.8 Å². The molecule has 2 aliphatic carbocycles. The van der Waals surface area contributed by atoms with E-state index in [4.69, 9.17) is 9.47 Å². The minimum atomic E-state index is -0.379. The molecule has 2 bridgehead atoms. The zero-order chi connectivity index (χ0) is 22.6. The molecule has 0 spiro atoms. The summed E-state index contributed by atoms with van der Waals surface area (Å²) >= 11 is 0. The fourth-order valence-corrected chi connectivity index (χ4v) is 5.42. The van der Waals surface area contributed by atoms with Gasteiger partial charge >= 0.3 is 0 Å². The van der Waals surface area contributed by atoms with Gasteiger partial charge in [0.05, 0.1) is 37.4 Å². The van der Waals surface area contributed by atoms with Gasteiger partial charge in [0, 0.05) is 11.6 Å². The van der Waals surface area contributed by atoms with Crippen LogP contribution in [0.1, 0.15) is 23.7 Å². The average Bonchev–Trinajstić information content (AvgIpc) is 3.43. The first-order valence-corrected chi connectivity index (χ1v) is 10.6. The first kappa shape index (κ1) is 20.3. The monoisotopic (exact) mass is 432 g/mol. The highest BCUT2D eigenvalue weighted by molar-refractivity contribution is 6.23. The number of benzene rings is 2. The van der Waals surface area contributed by atoms with Gasteiger partial charge in [0.25, 0.3) is 5.91 Å². The number of carbonyl (C=O) groups is 3. The summed E-state index contributed by atoms with van der Waals surface area (Å²) in [7, 11) is 3.06. The van der Waals surface area contributed by atoms with Crippen LogP contribution in [0.4, 0.5) is 11.4 Å². The summed E-state index contributed by atoms with van der Waals surface area (Å²) in [6.45, 7) is 2.04. The van der Waals surface area contributed by atoms with Gasteiger partial charge in [-0.3, -0.25) is 14.4 Å². The topological polar surface area (TPSA) is 84.9 Å². The molecule has 1 saturated heterocycles. The Labute approximate surface area is 186 Å². The van der Waals surface area contributed by atoms with Crippen molar-refractivity contribution in [2.24, 2.45) is 23.7 Å². The smallest absolute Gasteiger partial charge is 0.255 e. The number of methoxy groups -OCH3 is 2. The summed E-state index contributed by atoms with van der Waals surface area (Å²) in [6, 6.07) is 11.7. The molecule has 1 heterocycles. The van der Waals surface area contributed by atoms with Crippen LogP contribution in [0.15, 0.2) is 54.1 Å². The van der Waals surface area contributed by atoms with Crippen molar-refractivity contribution in [3.63, 3.8) is 0 Å². The zero-order valence-corrected chi connectivity index (χ0v) is 18.1. The van der Waals surface area contributed by atoms with Crippen LogP contribution in [0.25, 0.3) is 0 Å². The van der Waals surface area contributed by atoms with Gasteiger partial charge in [-0.05, 0) is 55.5 Å². The van der Waals surface area contributed by atoms with Gasteiger partial charge in [0.2, 0.25) is 11.8 Å². The quantitative estimate of drug-likeness (QED) is 0.576. The van der Waals surface area contributed by atoms with E-state index in [1.807, 2.05) is 6.92 Å². The fourth-order valence-electron chi connectivity index (χ4n) is 5.42. The minimum absolute atomic E-state index is 0.137. The standard InChI is InChI=1S/C25H24N2O5/c1-13-9-15-11-18(13)22-21(15)24(29)27(25(22)30)16-6-4-5-14(10-16)23(28)26-19-12-17(31-2)7-8-20(19)32-3/h4-10,12,15,18,21-22H,11H2,1-3H3,(H,26,28)/t15-,18+,21+,22-/m0/s1. The molecule has 2 fully saturated rings. The molecule has 32 heavy (non-hydrogen) atoms. The van der Waals surface area contributed by atoms with E-state index in [1.165, 1.54) is 17.6 Å². The third-order valence-electron chi connectivity index (χ3n) is 6.90. The summed E-state index contributed by atoms with van der Waals surface area (Å²) in [6.07, 6.45) is 3.03. The molecule has 0 aromatic heterocycles. The lowest BCUT2D eigenvalue weighted by atomic mass is 9.82. The minimum Gasteiger partial charge on any atom is -0.497 e. The van der Waals surface area contributed by atoms with Gasteiger partial charge in [-0.2, -0.15) is 0 Å². The highest BCUT2D eigenvalue weighted by Gasteiger charge is 2.60. The Morgan fingerprint density at radius 1 is 1.03 bits per heavy atom. The Balaban J connectivity index is 1.41. The molecule has 7 heteroatoms. The zero-order valence-electron chi connectivity index (χ0n) is 18.1. The third-order valence-corrected chi connectivity index (χ3v) is 6.90. The molecule has 1 N–H and O–H groups in total. The lowest BCUT2D eigenvalue weighted by Crippen LogP contribution is -2.33. The van der Waals surface area contributed by atoms with E-state index in [0.29, 0.717) is 28.4 Å².